The highest BCUT2D eigenvalue weighted by Gasteiger charge is 2.12. The quantitative estimate of drug-likeness (QED) is 0.526. The van der Waals surface area contributed by atoms with Gasteiger partial charge in [-0.25, -0.2) is 9.97 Å². The molecule has 6 heteroatoms. The van der Waals surface area contributed by atoms with Crippen LogP contribution < -0.4 is 10.2 Å². The first-order valence-electron chi connectivity index (χ1n) is 10.3. The fourth-order valence-electron chi connectivity index (χ4n) is 3.71. The molecule has 1 saturated heterocycles. The largest absolute Gasteiger partial charge is 0.378 e. The minimum atomic E-state index is 0.614. The van der Waals surface area contributed by atoms with Gasteiger partial charge in [-0.15, -0.1) is 0 Å². The summed E-state index contributed by atoms with van der Waals surface area (Å²) in [5.74, 6) is 1.37. The summed E-state index contributed by atoms with van der Waals surface area (Å²) >= 11 is 0. The first kappa shape index (κ1) is 19.0. The molecule has 0 atom stereocenters. The fourth-order valence-corrected chi connectivity index (χ4v) is 3.71. The Morgan fingerprint density at radius 3 is 2.35 bits per heavy atom. The van der Waals surface area contributed by atoms with Crippen molar-refractivity contribution < 1.29 is 4.74 Å². The number of morpholine rings is 1. The van der Waals surface area contributed by atoms with E-state index in [0.29, 0.717) is 11.4 Å². The number of benzene rings is 3. The number of aromatic nitrogens is 2. The maximum Gasteiger partial charge on any atom is 0.162 e. The van der Waals surface area contributed by atoms with Gasteiger partial charge in [0.1, 0.15) is 5.82 Å². The summed E-state index contributed by atoms with van der Waals surface area (Å²) < 4.78 is 5.44. The molecule has 0 bridgehead atoms. The zero-order valence-electron chi connectivity index (χ0n) is 17.0. The number of ether oxygens (including phenoxy) is 1. The van der Waals surface area contributed by atoms with Crippen molar-refractivity contribution in [3.63, 3.8) is 0 Å². The molecule has 0 unspecified atom stereocenters. The van der Waals surface area contributed by atoms with E-state index >= 15 is 0 Å². The summed E-state index contributed by atoms with van der Waals surface area (Å²) in [6, 6.07) is 25.8. The molecular weight excluding hydrogens is 386 g/mol. The van der Waals surface area contributed by atoms with Gasteiger partial charge in [0.05, 0.1) is 30.4 Å². The average Bonchev–Trinajstić information content (AvgIpc) is 2.85. The summed E-state index contributed by atoms with van der Waals surface area (Å²) in [6.45, 7) is 3.37. The van der Waals surface area contributed by atoms with Gasteiger partial charge in [0.15, 0.2) is 5.82 Å². The molecule has 0 spiro atoms. The van der Waals surface area contributed by atoms with Crippen LogP contribution in [0.1, 0.15) is 5.56 Å². The van der Waals surface area contributed by atoms with Crippen molar-refractivity contribution >= 4 is 28.1 Å². The minimum Gasteiger partial charge on any atom is -0.378 e. The Hall–Kier alpha value is -3.95. The molecule has 1 aromatic heterocycles. The normalized spacial score (nSPS) is 13.7. The van der Waals surface area contributed by atoms with E-state index in [4.69, 9.17) is 20.0 Å². The lowest BCUT2D eigenvalue weighted by Crippen LogP contribution is -2.36. The van der Waals surface area contributed by atoms with Gasteiger partial charge in [-0.3, -0.25) is 0 Å². The van der Waals surface area contributed by atoms with Crippen molar-refractivity contribution in [3.8, 4) is 17.5 Å². The van der Waals surface area contributed by atoms with E-state index in [9.17, 15) is 0 Å². The van der Waals surface area contributed by atoms with Crippen molar-refractivity contribution in [2.24, 2.45) is 0 Å². The summed E-state index contributed by atoms with van der Waals surface area (Å²) in [5, 5.41) is 13.5. The van der Waals surface area contributed by atoms with E-state index in [1.807, 2.05) is 36.4 Å². The lowest BCUT2D eigenvalue weighted by Gasteiger charge is -2.28. The van der Waals surface area contributed by atoms with Crippen LogP contribution in [0, 0.1) is 11.3 Å². The molecule has 1 aliphatic rings. The highest BCUT2D eigenvalue weighted by molar-refractivity contribution is 5.92. The van der Waals surface area contributed by atoms with Gasteiger partial charge < -0.3 is 15.0 Å². The van der Waals surface area contributed by atoms with Gasteiger partial charge >= 0.3 is 0 Å². The molecule has 4 aromatic rings. The molecule has 152 valence electrons. The van der Waals surface area contributed by atoms with E-state index in [2.05, 4.69) is 40.6 Å². The summed E-state index contributed by atoms with van der Waals surface area (Å²) in [5.41, 5.74) is 4.51. The van der Waals surface area contributed by atoms with Crippen LogP contribution in [0.2, 0.25) is 0 Å². The Labute approximate surface area is 180 Å². The highest BCUT2D eigenvalue weighted by atomic mass is 16.5. The first-order chi connectivity index (χ1) is 15.3. The number of nitrogens with zero attached hydrogens (tertiary/aromatic N) is 4. The van der Waals surface area contributed by atoms with Gasteiger partial charge in [0.25, 0.3) is 0 Å². The zero-order valence-corrected chi connectivity index (χ0v) is 17.0. The fraction of sp³-hybridized carbons (Fsp3) is 0.160. The minimum absolute atomic E-state index is 0.614. The Morgan fingerprint density at radius 2 is 1.61 bits per heavy atom. The van der Waals surface area contributed by atoms with Gasteiger partial charge in [0, 0.05) is 35.4 Å². The van der Waals surface area contributed by atoms with Crippen molar-refractivity contribution in [1.82, 2.24) is 9.97 Å². The van der Waals surface area contributed by atoms with Gasteiger partial charge in [-0.1, -0.05) is 12.1 Å². The van der Waals surface area contributed by atoms with Crippen molar-refractivity contribution in [2.45, 2.75) is 0 Å². The molecule has 0 saturated carbocycles. The third kappa shape index (κ3) is 4.04. The topological polar surface area (TPSA) is 74.1 Å². The Bertz CT molecular complexity index is 1240. The van der Waals surface area contributed by atoms with Gasteiger partial charge in [-0.05, 0) is 60.7 Å². The predicted molar refractivity (Wildman–Crippen MR) is 122 cm³/mol. The van der Waals surface area contributed by atoms with Crippen LogP contribution >= 0.6 is 0 Å². The second-order valence-corrected chi connectivity index (χ2v) is 7.37. The number of para-hydroxylation sites is 1. The summed E-state index contributed by atoms with van der Waals surface area (Å²) in [7, 11) is 0. The van der Waals surface area contributed by atoms with E-state index in [-0.39, 0.29) is 0 Å². The first-order valence-corrected chi connectivity index (χ1v) is 10.3. The van der Waals surface area contributed by atoms with Crippen LogP contribution in [-0.2, 0) is 4.74 Å². The Kier molecular flexibility index (Phi) is 5.17. The van der Waals surface area contributed by atoms with Crippen LogP contribution in [0.3, 0.4) is 0 Å². The van der Waals surface area contributed by atoms with Gasteiger partial charge in [0.2, 0.25) is 0 Å². The molecule has 5 rings (SSSR count). The molecule has 1 fully saturated rings. The van der Waals surface area contributed by atoms with Crippen LogP contribution in [0.5, 0.6) is 0 Å². The number of fused-ring (bicyclic) bond motifs is 1. The van der Waals surface area contributed by atoms with E-state index in [1.165, 1.54) is 5.69 Å². The molecule has 1 aliphatic heterocycles. The summed E-state index contributed by atoms with van der Waals surface area (Å²) in [6.07, 6.45) is 0. The zero-order chi connectivity index (χ0) is 21.0. The van der Waals surface area contributed by atoms with Crippen LogP contribution in [0.25, 0.3) is 22.3 Å². The number of anilines is 3. The van der Waals surface area contributed by atoms with Crippen LogP contribution in [0.15, 0.2) is 72.8 Å². The lowest BCUT2D eigenvalue weighted by molar-refractivity contribution is 0.122. The molecule has 2 heterocycles. The molecular formula is C25H21N5O. The lowest BCUT2D eigenvalue weighted by atomic mass is 10.1. The summed E-state index contributed by atoms with van der Waals surface area (Å²) in [4.78, 5) is 11.9. The SMILES string of the molecule is N#Cc1ccc(-c2nc(Nc3ccc(N4CCOCC4)cc3)c3ccccc3n2)cc1. The maximum atomic E-state index is 9.05. The second kappa shape index (κ2) is 8.42. The smallest absolute Gasteiger partial charge is 0.162 e. The molecule has 0 aliphatic carbocycles. The molecule has 0 radical (unpaired) electrons. The molecule has 3 aromatic carbocycles. The molecule has 1 N–H and O–H groups in total. The Balaban J connectivity index is 1.47. The molecule has 31 heavy (non-hydrogen) atoms. The van der Waals surface area contributed by atoms with Crippen molar-refractivity contribution in [2.75, 3.05) is 36.5 Å². The second-order valence-electron chi connectivity index (χ2n) is 7.37. The monoisotopic (exact) mass is 407 g/mol. The highest BCUT2D eigenvalue weighted by Crippen LogP contribution is 2.28. The van der Waals surface area contributed by atoms with E-state index < -0.39 is 0 Å². The van der Waals surface area contributed by atoms with E-state index in [1.54, 1.807) is 12.1 Å². The predicted octanol–water partition coefficient (Wildman–Crippen LogP) is 4.75. The number of hydrogen-bond acceptors (Lipinski definition) is 6. The molecule has 0 amide bonds. The van der Waals surface area contributed by atoms with Gasteiger partial charge in [-0.2, -0.15) is 5.26 Å². The van der Waals surface area contributed by atoms with E-state index in [0.717, 1.165) is 54.3 Å². The number of hydrogen-bond donors (Lipinski definition) is 1. The third-order valence-electron chi connectivity index (χ3n) is 5.38. The van der Waals surface area contributed by atoms with Crippen LogP contribution in [0.4, 0.5) is 17.2 Å². The number of nitriles is 1. The third-order valence-corrected chi connectivity index (χ3v) is 5.38. The average molecular weight is 407 g/mol. The molecule has 6 nitrogen and oxygen atoms in total. The van der Waals surface area contributed by atoms with Crippen molar-refractivity contribution in [3.05, 3.63) is 78.4 Å². The number of nitrogens with one attached hydrogen (secondary N) is 1. The standard InChI is InChI=1S/C25H21N5O/c26-17-18-5-7-19(8-6-18)24-28-23-4-2-1-3-22(23)25(29-24)27-20-9-11-21(12-10-20)30-13-15-31-16-14-30/h1-12H,13-16H2,(H,27,28,29). The van der Waals surface area contributed by atoms with Crippen molar-refractivity contribution in [1.29, 1.82) is 5.26 Å². The van der Waals surface area contributed by atoms with Crippen LogP contribution in [-0.4, -0.2) is 36.3 Å². The number of rotatable bonds is 4. The Morgan fingerprint density at radius 1 is 0.871 bits per heavy atom. The maximum absolute atomic E-state index is 9.05.